The fourth-order valence-electron chi connectivity index (χ4n) is 2.67. The lowest BCUT2D eigenvalue weighted by atomic mass is 10.0. The molecule has 3 rings (SSSR count). The van der Waals surface area contributed by atoms with Crippen molar-refractivity contribution in [2.24, 2.45) is 0 Å². The molecule has 130 valence electrons. The highest BCUT2D eigenvalue weighted by Crippen LogP contribution is 2.19. The topological polar surface area (TPSA) is 89.0 Å². The molecule has 1 aromatic carbocycles. The van der Waals surface area contributed by atoms with Crippen LogP contribution in [0.2, 0.25) is 0 Å². The third-order valence-corrected chi connectivity index (χ3v) is 3.93. The number of amides is 1. The molecule has 0 bridgehead atoms. The number of ether oxygens (including phenoxy) is 2. The van der Waals surface area contributed by atoms with Crippen LogP contribution in [0.4, 0.5) is 4.79 Å². The number of carbonyl (C=O) groups excluding carboxylic acids is 1. The van der Waals surface area contributed by atoms with Gasteiger partial charge in [0.15, 0.2) is 0 Å². The van der Waals surface area contributed by atoms with Gasteiger partial charge in [-0.3, -0.25) is 4.79 Å². The van der Waals surface area contributed by atoms with Crippen molar-refractivity contribution in [1.82, 2.24) is 9.88 Å². The lowest BCUT2D eigenvalue weighted by Crippen LogP contribution is -2.40. The van der Waals surface area contributed by atoms with Gasteiger partial charge in [0.2, 0.25) is 5.88 Å². The van der Waals surface area contributed by atoms with Gasteiger partial charge in [-0.2, -0.15) is 0 Å². The van der Waals surface area contributed by atoms with E-state index in [9.17, 15) is 9.59 Å². The van der Waals surface area contributed by atoms with Gasteiger partial charge in [-0.1, -0.05) is 18.2 Å². The van der Waals surface area contributed by atoms with Gasteiger partial charge in [0.25, 0.3) is 5.91 Å². The van der Waals surface area contributed by atoms with Crippen molar-refractivity contribution < 1.29 is 24.2 Å². The lowest BCUT2D eigenvalue weighted by Gasteiger charge is -2.26. The van der Waals surface area contributed by atoms with E-state index in [1.165, 1.54) is 6.20 Å². The van der Waals surface area contributed by atoms with Crippen LogP contribution in [-0.2, 0) is 11.2 Å². The quantitative estimate of drug-likeness (QED) is 0.857. The minimum atomic E-state index is -1.40. The Morgan fingerprint density at radius 1 is 1.16 bits per heavy atom. The van der Waals surface area contributed by atoms with E-state index in [2.05, 4.69) is 4.98 Å². The smallest absolute Gasteiger partial charge is 0.449 e. The van der Waals surface area contributed by atoms with Gasteiger partial charge in [0, 0.05) is 36.8 Å². The summed E-state index contributed by atoms with van der Waals surface area (Å²) in [4.78, 5) is 28.9. The molecular formula is C18H18N2O5. The average molecular weight is 342 g/mol. The summed E-state index contributed by atoms with van der Waals surface area (Å²) in [5.41, 5.74) is 2.22. The van der Waals surface area contributed by atoms with Crippen LogP contribution in [0.25, 0.3) is 0 Å². The zero-order chi connectivity index (χ0) is 17.6. The molecule has 1 aliphatic heterocycles. The SMILES string of the molecule is O=C(O)Oc1ncccc1Cc1ccc(C(=O)N2CCOCC2)cc1. The van der Waals surface area contributed by atoms with Gasteiger partial charge in [-0.05, 0) is 23.8 Å². The molecule has 1 saturated heterocycles. The van der Waals surface area contributed by atoms with E-state index >= 15 is 0 Å². The van der Waals surface area contributed by atoms with Crippen molar-refractivity contribution >= 4 is 12.1 Å². The maximum absolute atomic E-state index is 12.4. The molecule has 7 nitrogen and oxygen atoms in total. The number of rotatable bonds is 4. The molecule has 0 unspecified atom stereocenters. The summed E-state index contributed by atoms with van der Waals surface area (Å²) >= 11 is 0. The zero-order valence-electron chi connectivity index (χ0n) is 13.6. The van der Waals surface area contributed by atoms with Crippen LogP contribution in [-0.4, -0.2) is 53.4 Å². The van der Waals surface area contributed by atoms with Crippen molar-refractivity contribution in [1.29, 1.82) is 0 Å². The van der Waals surface area contributed by atoms with Gasteiger partial charge < -0.3 is 19.5 Å². The zero-order valence-corrected chi connectivity index (χ0v) is 13.6. The lowest BCUT2D eigenvalue weighted by molar-refractivity contribution is 0.0303. The predicted octanol–water partition coefficient (Wildman–Crippen LogP) is 2.20. The van der Waals surface area contributed by atoms with Crippen molar-refractivity contribution in [3.63, 3.8) is 0 Å². The maximum atomic E-state index is 12.4. The minimum absolute atomic E-state index is 0.00822. The summed E-state index contributed by atoms with van der Waals surface area (Å²) in [6.45, 7) is 2.34. The number of pyridine rings is 1. The van der Waals surface area contributed by atoms with Crippen LogP contribution in [0.3, 0.4) is 0 Å². The largest absolute Gasteiger partial charge is 0.512 e. The van der Waals surface area contributed by atoms with Crippen LogP contribution in [0.15, 0.2) is 42.6 Å². The highest BCUT2D eigenvalue weighted by atomic mass is 16.7. The minimum Gasteiger partial charge on any atom is -0.449 e. The Morgan fingerprint density at radius 3 is 2.56 bits per heavy atom. The van der Waals surface area contributed by atoms with Crippen LogP contribution < -0.4 is 4.74 Å². The van der Waals surface area contributed by atoms with Crippen LogP contribution in [0, 0.1) is 0 Å². The third kappa shape index (κ3) is 4.33. The fraction of sp³-hybridized carbons (Fsp3) is 0.278. The molecule has 0 atom stereocenters. The van der Waals surface area contributed by atoms with E-state index in [1.807, 2.05) is 12.1 Å². The number of carbonyl (C=O) groups is 2. The number of benzene rings is 1. The molecule has 2 aromatic rings. The fourth-order valence-corrected chi connectivity index (χ4v) is 2.67. The standard InChI is InChI=1S/C18H18N2O5/c21-17(20-8-10-24-11-9-20)14-5-3-13(4-6-14)12-15-2-1-7-19-16(15)25-18(22)23/h1-7H,8-12H2,(H,22,23). The second-order valence-electron chi connectivity index (χ2n) is 5.61. The molecule has 1 fully saturated rings. The maximum Gasteiger partial charge on any atom is 0.512 e. The Kier molecular flexibility index (Phi) is 5.25. The molecule has 1 amide bonds. The van der Waals surface area contributed by atoms with E-state index in [1.54, 1.807) is 29.2 Å². The normalized spacial score (nSPS) is 14.2. The summed E-state index contributed by atoms with van der Waals surface area (Å²) in [7, 11) is 0. The molecular weight excluding hydrogens is 324 g/mol. The average Bonchev–Trinajstić information content (AvgIpc) is 2.64. The van der Waals surface area contributed by atoms with Gasteiger partial charge in [0.05, 0.1) is 13.2 Å². The summed E-state index contributed by atoms with van der Waals surface area (Å²) in [5, 5.41) is 8.77. The van der Waals surface area contributed by atoms with E-state index in [0.29, 0.717) is 43.9 Å². The van der Waals surface area contributed by atoms with Crippen molar-refractivity contribution in [3.05, 3.63) is 59.3 Å². The van der Waals surface area contributed by atoms with Crippen molar-refractivity contribution in [2.75, 3.05) is 26.3 Å². The molecule has 1 aromatic heterocycles. The Bertz CT molecular complexity index is 754. The van der Waals surface area contributed by atoms with Gasteiger partial charge in [0.1, 0.15) is 0 Å². The second-order valence-corrected chi connectivity index (χ2v) is 5.61. The first kappa shape index (κ1) is 16.9. The van der Waals surface area contributed by atoms with E-state index in [0.717, 1.165) is 5.56 Å². The molecule has 0 spiro atoms. The van der Waals surface area contributed by atoms with Crippen molar-refractivity contribution in [3.8, 4) is 5.88 Å². The number of morpholine rings is 1. The van der Waals surface area contributed by atoms with Crippen LogP contribution >= 0.6 is 0 Å². The first-order valence-electron chi connectivity index (χ1n) is 7.94. The summed E-state index contributed by atoms with van der Waals surface area (Å²) in [5.74, 6) is 0.0644. The van der Waals surface area contributed by atoms with Gasteiger partial charge in [-0.15, -0.1) is 0 Å². The Morgan fingerprint density at radius 2 is 1.88 bits per heavy atom. The molecule has 25 heavy (non-hydrogen) atoms. The molecule has 0 aliphatic carbocycles. The Hall–Kier alpha value is -2.93. The number of nitrogens with zero attached hydrogens (tertiary/aromatic N) is 2. The second kappa shape index (κ2) is 7.76. The van der Waals surface area contributed by atoms with Gasteiger partial charge >= 0.3 is 6.16 Å². The number of hydrogen-bond donors (Lipinski definition) is 1. The van der Waals surface area contributed by atoms with Gasteiger partial charge in [-0.25, -0.2) is 9.78 Å². The van der Waals surface area contributed by atoms with Crippen molar-refractivity contribution in [2.45, 2.75) is 6.42 Å². The highest BCUT2D eigenvalue weighted by molar-refractivity contribution is 5.94. The van der Waals surface area contributed by atoms with E-state index in [-0.39, 0.29) is 11.8 Å². The molecule has 7 heteroatoms. The summed E-state index contributed by atoms with van der Waals surface area (Å²) in [6, 6.07) is 10.7. The first-order valence-corrected chi connectivity index (χ1v) is 7.94. The van der Waals surface area contributed by atoms with Crippen LogP contribution in [0.1, 0.15) is 21.5 Å². The molecule has 2 heterocycles. The summed E-state index contributed by atoms with van der Waals surface area (Å²) < 4.78 is 9.95. The number of carboxylic acid groups (broad SMARTS) is 1. The van der Waals surface area contributed by atoms with Crippen LogP contribution in [0.5, 0.6) is 5.88 Å². The number of aromatic nitrogens is 1. The van der Waals surface area contributed by atoms with E-state index < -0.39 is 6.16 Å². The summed E-state index contributed by atoms with van der Waals surface area (Å²) in [6.07, 6.45) is 0.542. The molecule has 0 radical (unpaired) electrons. The molecule has 0 saturated carbocycles. The monoisotopic (exact) mass is 342 g/mol. The number of hydrogen-bond acceptors (Lipinski definition) is 5. The third-order valence-electron chi connectivity index (χ3n) is 3.93. The highest BCUT2D eigenvalue weighted by Gasteiger charge is 2.18. The molecule has 1 aliphatic rings. The molecule has 1 N–H and O–H groups in total. The first-order chi connectivity index (χ1) is 12.1. The predicted molar refractivity (Wildman–Crippen MR) is 88.9 cm³/mol. The Balaban J connectivity index is 1.71. The Labute approximate surface area is 144 Å². The van der Waals surface area contributed by atoms with E-state index in [4.69, 9.17) is 14.6 Å².